The number of halogens is 1. The smallest absolute Gasteiger partial charge is 0.251 e. The van der Waals surface area contributed by atoms with E-state index >= 15 is 0 Å². The predicted octanol–water partition coefficient (Wildman–Crippen LogP) is 2.45. The van der Waals surface area contributed by atoms with E-state index < -0.39 is 0 Å². The van der Waals surface area contributed by atoms with E-state index in [0.29, 0.717) is 0 Å². The van der Waals surface area contributed by atoms with Gasteiger partial charge in [0.1, 0.15) is 0 Å². The minimum Gasteiger partial charge on any atom is -0.306 e. The van der Waals surface area contributed by atoms with Gasteiger partial charge in [0, 0.05) is 24.7 Å². The van der Waals surface area contributed by atoms with Crippen LogP contribution in [-0.2, 0) is 11.3 Å². The fourth-order valence-corrected chi connectivity index (χ4v) is 4.35. The third-order valence-electron chi connectivity index (χ3n) is 5.61. The van der Waals surface area contributed by atoms with Crippen LogP contribution in [0, 0.1) is 5.92 Å². The Kier molecular flexibility index (Phi) is 4.80. The molecule has 1 amide bonds. The number of hydrazone groups is 1. The highest BCUT2D eigenvalue weighted by Crippen LogP contribution is 2.29. The predicted molar refractivity (Wildman–Crippen MR) is 99.6 cm³/mol. The summed E-state index contributed by atoms with van der Waals surface area (Å²) in [7, 11) is 2.14. The van der Waals surface area contributed by atoms with Crippen LogP contribution >= 0.6 is 11.6 Å². The van der Waals surface area contributed by atoms with Gasteiger partial charge in [0.05, 0.1) is 17.7 Å². The summed E-state index contributed by atoms with van der Waals surface area (Å²) in [6.07, 6.45) is 2.93. The molecular weight excluding hydrogens is 336 g/mol. The van der Waals surface area contributed by atoms with Crippen molar-refractivity contribution in [2.75, 3.05) is 33.2 Å². The second-order valence-corrected chi connectivity index (χ2v) is 7.93. The highest BCUT2D eigenvalue weighted by atomic mass is 35.5. The first-order valence-electron chi connectivity index (χ1n) is 9.16. The summed E-state index contributed by atoms with van der Waals surface area (Å²) in [5.41, 5.74) is 2.26. The number of rotatable bonds is 3. The van der Waals surface area contributed by atoms with Crippen LogP contribution in [0.4, 0.5) is 0 Å². The van der Waals surface area contributed by atoms with E-state index in [1.807, 2.05) is 23.2 Å². The Bertz CT molecular complexity index is 684. The van der Waals surface area contributed by atoms with E-state index in [0.717, 1.165) is 62.7 Å². The van der Waals surface area contributed by atoms with Crippen molar-refractivity contribution in [1.82, 2.24) is 14.8 Å². The van der Waals surface area contributed by atoms with Crippen LogP contribution in [0.5, 0.6) is 0 Å². The van der Waals surface area contributed by atoms with Crippen LogP contribution in [0.1, 0.15) is 24.8 Å². The molecule has 0 saturated carbocycles. The molecule has 0 N–H and O–H groups in total. The van der Waals surface area contributed by atoms with Crippen molar-refractivity contribution in [3.63, 3.8) is 0 Å². The molecule has 5 nitrogen and oxygen atoms in total. The maximum atomic E-state index is 12.8. The lowest BCUT2D eigenvalue weighted by Gasteiger charge is -2.33. The summed E-state index contributed by atoms with van der Waals surface area (Å²) in [5, 5.41) is 7.35. The molecule has 1 aromatic carbocycles. The fraction of sp³-hybridized carbons (Fsp3) is 0.579. The molecule has 4 rings (SSSR count). The highest BCUT2D eigenvalue weighted by Gasteiger charge is 2.42. The Morgan fingerprint density at radius 3 is 2.76 bits per heavy atom. The summed E-state index contributed by atoms with van der Waals surface area (Å²) in [5.74, 6) is 0.238. The van der Waals surface area contributed by atoms with Gasteiger partial charge in [-0.25, -0.2) is 5.01 Å². The SMILES string of the molecule is CN1CCC(N2N=C3CN(Cc4cccc(Cl)c4)CCC3C2=O)CC1. The molecule has 0 aliphatic carbocycles. The molecule has 2 saturated heterocycles. The molecule has 2 fully saturated rings. The topological polar surface area (TPSA) is 39.1 Å². The zero-order chi connectivity index (χ0) is 17.4. The lowest BCUT2D eigenvalue weighted by Crippen LogP contribution is -2.45. The van der Waals surface area contributed by atoms with Gasteiger partial charge in [-0.1, -0.05) is 23.7 Å². The van der Waals surface area contributed by atoms with Gasteiger partial charge in [0.15, 0.2) is 0 Å². The van der Waals surface area contributed by atoms with Gasteiger partial charge in [-0.05, 0) is 57.1 Å². The minimum atomic E-state index is 0.00951. The van der Waals surface area contributed by atoms with Gasteiger partial charge < -0.3 is 4.90 Å². The minimum absolute atomic E-state index is 0.00951. The molecule has 3 aliphatic heterocycles. The fourth-order valence-electron chi connectivity index (χ4n) is 4.14. The highest BCUT2D eigenvalue weighted by molar-refractivity contribution is 6.30. The molecule has 134 valence electrons. The Labute approximate surface area is 154 Å². The number of benzene rings is 1. The van der Waals surface area contributed by atoms with Crippen molar-refractivity contribution in [3.8, 4) is 0 Å². The molecule has 0 spiro atoms. The van der Waals surface area contributed by atoms with Crippen LogP contribution in [0.3, 0.4) is 0 Å². The maximum absolute atomic E-state index is 12.8. The summed E-state index contributed by atoms with van der Waals surface area (Å²) in [4.78, 5) is 17.5. The number of hydrogen-bond acceptors (Lipinski definition) is 4. The van der Waals surface area contributed by atoms with Crippen LogP contribution in [0.25, 0.3) is 0 Å². The Morgan fingerprint density at radius 2 is 2.00 bits per heavy atom. The number of nitrogens with zero attached hydrogens (tertiary/aromatic N) is 4. The largest absolute Gasteiger partial charge is 0.306 e. The number of carbonyl (C=O) groups is 1. The Hall–Kier alpha value is -1.43. The van der Waals surface area contributed by atoms with Crippen molar-refractivity contribution in [2.45, 2.75) is 31.8 Å². The van der Waals surface area contributed by atoms with Crippen molar-refractivity contribution < 1.29 is 4.79 Å². The third-order valence-corrected chi connectivity index (χ3v) is 5.85. The zero-order valence-corrected chi connectivity index (χ0v) is 15.5. The lowest BCUT2D eigenvalue weighted by molar-refractivity contribution is -0.135. The summed E-state index contributed by atoms with van der Waals surface area (Å²) in [6, 6.07) is 8.28. The zero-order valence-electron chi connectivity index (χ0n) is 14.7. The molecule has 6 heteroatoms. The van der Waals surface area contributed by atoms with E-state index in [1.54, 1.807) is 0 Å². The van der Waals surface area contributed by atoms with Crippen LogP contribution < -0.4 is 0 Å². The Balaban J connectivity index is 1.43. The van der Waals surface area contributed by atoms with Gasteiger partial charge in [0.2, 0.25) is 0 Å². The summed E-state index contributed by atoms with van der Waals surface area (Å²) in [6.45, 7) is 4.67. The Morgan fingerprint density at radius 1 is 1.20 bits per heavy atom. The van der Waals surface area contributed by atoms with Crippen molar-refractivity contribution in [2.24, 2.45) is 11.0 Å². The average Bonchev–Trinajstić information content (AvgIpc) is 2.92. The van der Waals surface area contributed by atoms with Crippen molar-refractivity contribution in [1.29, 1.82) is 0 Å². The van der Waals surface area contributed by atoms with Gasteiger partial charge in [-0.2, -0.15) is 5.10 Å². The molecule has 0 bridgehead atoms. The van der Waals surface area contributed by atoms with Crippen LogP contribution in [-0.4, -0.2) is 65.7 Å². The third kappa shape index (κ3) is 3.59. The molecular formula is C19H25ClN4O. The summed E-state index contributed by atoms with van der Waals surface area (Å²) < 4.78 is 0. The first kappa shape index (κ1) is 17.0. The van der Waals surface area contributed by atoms with Gasteiger partial charge in [-0.15, -0.1) is 0 Å². The number of piperidine rings is 2. The maximum Gasteiger partial charge on any atom is 0.251 e. The van der Waals surface area contributed by atoms with Gasteiger partial charge in [0.25, 0.3) is 5.91 Å². The molecule has 1 unspecified atom stereocenters. The average molecular weight is 361 g/mol. The van der Waals surface area contributed by atoms with Crippen LogP contribution in [0.2, 0.25) is 5.02 Å². The van der Waals surface area contributed by atoms with Gasteiger partial charge in [-0.3, -0.25) is 9.69 Å². The number of likely N-dealkylation sites (tertiary alicyclic amines) is 2. The molecule has 0 radical (unpaired) electrons. The molecule has 1 aromatic rings. The first-order chi connectivity index (χ1) is 12.1. The standard InChI is InChI=1S/C19H25ClN4O/c1-22-8-5-16(6-9-22)24-19(25)17-7-10-23(13-18(17)21-24)12-14-3-2-4-15(20)11-14/h2-4,11,16-17H,5-10,12-13H2,1H3. The second-order valence-electron chi connectivity index (χ2n) is 7.49. The van der Waals surface area contributed by atoms with Crippen molar-refractivity contribution >= 4 is 23.2 Å². The normalized spacial score (nSPS) is 26.0. The molecule has 0 aromatic heterocycles. The van der Waals surface area contributed by atoms with Gasteiger partial charge >= 0.3 is 0 Å². The first-order valence-corrected chi connectivity index (χ1v) is 9.54. The molecule has 3 heterocycles. The monoisotopic (exact) mass is 360 g/mol. The van der Waals surface area contributed by atoms with E-state index in [9.17, 15) is 4.79 Å². The van der Waals surface area contributed by atoms with E-state index in [4.69, 9.17) is 16.7 Å². The second kappa shape index (κ2) is 7.06. The van der Waals surface area contributed by atoms with Crippen molar-refractivity contribution in [3.05, 3.63) is 34.9 Å². The van der Waals surface area contributed by atoms with Crippen LogP contribution in [0.15, 0.2) is 29.4 Å². The number of fused-ring (bicyclic) bond motifs is 1. The number of amides is 1. The summed E-state index contributed by atoms with van der Waals surface area (Å²) >= 11 is 6.09. The number of carbonyl (C=O) groups excluding carboxylic acids is 1. The van der Waals surface area contributed by atoms with E-state index in [-0.39, 0.29) is 17.9 Å². The van der Waals surface area contributed by atoms with E-state index in [1.165, 1.54) is 5.56 Å². The molecule has 25 heavy (non-hydrogen) atoms. The molecule has 3 aliphatic rings. The quantitative estimate of drug-likeness (QED) is 0.831. The lowest BCUT2D eigenvalue weighted by atomic mass is 9.94. The van der Waals surface area contributed by atoms with E-state index in [2.05, 4.69) is 22.9 Å². The molecule has 1 atom stereocenters. The number of hydrogen-bond donors (Lipinski definition) is 0.